The quantitative estimate of drug-likeness (QED) is 0.116. The standard InChI is InChI=1S/C51H82O19/c1-23-32(54)39(69-42-37(59)35(57)28(22-65-42)67-41-36(58)33(55)26(52)20-63-41)38(60)43(66-23)70-40-34(56)27(53)21-64-44(40)68-31-12-13-48(6)29(47(31,4)5)11-14-50(8)30(48)10-9-24-25-19-46(2,3)15-17-51(25,45(61)62)18-16-49(24,50)7/h9,23,25-44,52-60H,10-22H2,1-8H3,(H,61,62)/t23-,25?,26-,27-,28-,29?,30?,31-,32-,33-,34-,35-,36+,37+,38+,39+,40+,41-,42-,43-,44-,48-,49+,50+,51-/m0/s1. The van der Waals surface area contributed by atoms with E-state index in [0.717, 1.165) is 51.4 Å². The van der Waals surface area contributed by atoms with Gasteiger partial charge in [-0.15, -0.1) is 0 Å². The van der Waals surface area contributed by atoms with Gasteiger partial charge in [-0.1, -0.05) is 60.1 Å². The summed E-state index contributed by atoms with van der Waals surface area (Å²) in [4.78, 5) is 13.2. The topological polar surface area (TPSA) is 293 Å². The summed E-state index contributed by atoms with van der Waals surface area (Å²) in [5.74, 6) is -0.0220. The minimum atomic E-state index is -1.81. The van der Waals surface area contributed by atoms with E-state index in [-0.39, 0.29) is 52.8 Å². The number of rotatable bonds is 9. The molecule has 4 aliphatic heterocycles. The number of carboxylic acids is 1. The van der Waals surface area contributed by atoms with Gasteiger partial charge >= 0.3 is 5.97 Å². The largest absolute Gasteiger partial charge is 0.481 e. The smallest absolute Gasteiger partial charge is 0.310 e. The third-order valence-electron chi connectivity index (χ3n) is 20.3. The van der Waals surface area contributed by atoms with Crippen molar-refractivity contribution in [1.82, 2.24) is 0 Å². The van der Waals surface area contributed by atoms with Crippen LogP contribution in [0.1, 0.15) is 120 Å². The summed E-state index contributed by atoms with van der Waals surface area (Å²) in [6, 6.07) is 0. The first-order valence-electron chi connectivity index (χ1n) is 25.9. The molecule has 19 heteroatoms. The number of aliphatic carboxylic acids is 1. The summed E-state index contributed by atoms with van der Waals surface area (Å²) in [7, 11) is 0. The summed E-state index contributed by atoms with van der Waals surface area (Å²) < 4.78 is 47.7. The van der Waals surface area contributed by atoms with Gasteiger partial charge < -0.3 is 89.0 Å². The highest BCUT2D eigenvalue weighted by molar-refractivity contribution is 5.76. The molecule has 9 rings (SSSR count). The van der Waals surface area contributed by atoms with E-state index in [1.54, 1.807) is 0 Å². The lowest BCUT2D eigenvalue weighted by atomic mass is 9.33. The summed E-state index contributed by atoms with van der Waals surface area (Å²) >= 11 is 0. The molecule has 25 atom stereocenters. The van der Waals surface area contributed by atoms with E-state index in [4.69, 9.17) is 37.9 Å². The molecule has 4 saturated heterocycles. The molecule has 3 unspecified atom stereocenters. The Morgan fingerprint density at radius 1 is 0.600 bits per heavy atom. The van der Waals surface area contributed by atoms with Gasteiger partial charge in [0.25, 0.3) is 0 Å². The van der Waals surface area contributed by atoms with Gasteiger partial charge in [-0.05, 0) is 116 Å². The number of aliphatic hydroxyl groups is 9. The molecule has 400 valence electrons. The van der Waals surface area contributed by atoms with Crippen LogP contribution in [0.2, 0.25) is 0 Å². The number of hydrogen-bond donors (Lipinski definition) is 10. The average Bonchev–Trinajstić information content (AvgIpc) is 3.29. The Labute approximate surface area is 410 Å². The number of aliphatic hydroxyl groups excluding tert-OH is 9. The van der Waals surface area contributed by atoms with Crippen LogP contribution in [0.3, 0.4) is 0 Å². The molecule has 9 aliphatic rings. The highest BCUT2D eigenvalue weighted by Gasteiger charge is 2.70. The minimum Gasteiger partial charge on any atom is -0.481 e. The molecule has 0 aromatic carbocycles. The molecule has 0 spiro atoms. The van der Waals surface area contributed by atoms with Crippen LogP contribution >= 0.6 is 0 Å². The van der Waals surface area contributed by atoms with Gasteiger partial charge in [0.2, 0.25) is 0 Å². The molecular formula is C51H82O19. The van der Waals surface area contributed by atoms with Crippen molar-refractivity contribution >= 4 is 5.97 Å². The summed E-state index contributed by atoms with van der Waals surface area (Å²) in [6.07, 6.45) is -14.8. The van der Waals surface area contributed by atoms with Crippen LogP contribution in [-0.2, 0) is 42.7 Å². The maximum Gasteiger partial charge on any atom is 0.310 e. The van der Waals surface area contributed by atoms with Gasteiger partial charge in [-0.3, -0.25) is 4.79 Å². The molecule has 0 radical (unpaired) electrons. The normalized spacial score (nSPS) is 54.4. The van der Waals surface area contributed by atoms with Crippen molar-refractivity contribution in [2.75, 3.05) is 19.8 Å². The van der Waals surface area contributed by atoms with Gasteiger partial charge in [0.1, 0.15) is 73.2 Å². The van der Waals surface area contributed by atoms with Crippen LogP contribution < -0.4 is 0 Å². The molecule has 19 nitrogen and oxygen atoms in total. The lowest BCUT2D eigenvalue weighted by Crippen LogP contribution is -2.66. The van der Waals surface area contributed by atoms with Crippen LogP contribution in [0.4, 0.5) is 0 Å². The number of ether oxygens (including phenoxy) is 8. The Kier molecular flexibility index (Phi) is 14.5. The van der Waals surface area contributed by atoms with Crippen LogP contribution in [0, 0.1) is 50.2 Å². The molecule has 0 aromatic rings. The van der Waals surface area contributed by atoms with Gasteiger partial charge in [-0.25, -0.2) is 0 Å². The number of carboxylic acid groups (broad SMARTS) is 1. The van der Waals surface area contributed by atoms with Crippen molar-refractivity contribution in [3.8, 4) is 0 Å². The number of hydrogen-bond acceptors (Lipinski definition) is 18. The van der Waals surface area contributed by atoms with Gasteiger partial charge in [0.05, 0.1) is 37.4 Å². The monoisotopic (exact) mass is 999 g/mol. The lowest BCUT2D eigenvalue weighted by Gasteiger charge is -2.71. The fourth-order valence-electron chi connectivity index (χ4n) is 15.7. The highest BCUT2D eigenvalue weighted by Crippen LogP contribution is 2.76. The molecular weight excluding hydrogens is 917 g/mol. The summed E-state index contributed by atoms with van der Waals surface area (Å²) in [5, 5.41) is 108. The van der Waals surface area contributed by atoms with E-state index in [1.165, 1.54) is 12.5 Å². The maximum absolute atomic E-state index is 13.2. The molecule has 8 fully saturated rings. The van der Waals surface area contributed by atoms with E-state index in [9.17, 15) is 55.9 Å². The zero-order valence-electron chi connectivity index (χ0n) is 42.0. The fourth-order valence-corrected chi connectivity index (χ4v) is 15.7. The molecule has 70 heavy (non-hydrogen) atoms. The van der Waals surface area contributed by atoms with Crippen molar-refractivity contribution in [3.63, 3.8) is 0 Å². The maximum atomic E-state index is 13.2. The highest BCUT2D eigenvalue weighted by atomic mass is 16.8. The van der Waals surface area contributed by atoms with E-state index in [2.05, 4.69) is 54.5 Å². The van der Waals surface area contributed by atoms with Crippen molar-refractivity contribution < 1.29 is 93.8 Å². The van der Waals surface area contributed by atoms with Crippen molar-refractivity contribution in [1.29, 1.82) is 0 Å². The Bertz CT molecular complexity index is 1930. The van der Waals surface area contributed by atoms with E-state index >= 15 is 0 Å². The van der Waals surface area contributed by atoms with E-state index < -0.39 is 128 Å². The fraction of sp³-hybridized carbons (Fsp3) is 0.941. The molecule has 4 heterocycles. The van der Waals surface area contributed by atoms with Crippen molar-refractivity contribution in [2.24, 2.45) is 50.2 Å². The van der Waals surface area contributed by atoms with E-state index in [0.29, 0.717) is 18.8 Å². The Balaban J connectivity index is 0.879. The molecule has 0 bridgehead atoms. The Hall–Kier alpha value is -1.47. The lowest BCUT2D eigenvalue weighted by molar-refractivity contribution is -0.381. The number of allylic oxidation sites excluding steroid dienone is 2. The zero-order chi connectivity index (χ0) is 50.8. The number of carbonyl (C=O) groups is 1. The van der Waals surface area contributed by atoms with Crippen LogP contribution in [0.25, 0.3) is 0 Å². The summed E-state index contributed by atoms with van der Waals surface area (Å²) in [6.45, 7) is 16.9. The minimum absolute atomic E-state index is 0.0272. The average molecular weight is 999 g/mol. The van der Waals surface area contributed by atoms with Crippen LogP contribution in [0.5, 0.6) is 0 Å². The first kappa shape index (κ1) is 53.4. The van der Waals surface area contributed by atoms with Gasteiger partial charge in [0.15, 0.2) is 25.2 Å². The zero-order valence-corrected chi connectivity index (χ0v) is 42.0. The first-order valence-corrected chi connectivity index (χ1v) is 25.9. The molecule has 10 N–H and O–H groups in total. The van der Waals surface area contributed by atoms with Gasteiger partial charge in [0, 0.05) is 0 Å². The second-order valence-corrected chi connectivity index (χ2v) is 24.9. The second kappa shape index (κ2) is 19.0. The molecule has 4 saturated carbocycles. The van der Waals surface area contributed by atoms with Crippen LogP contribution in [0.15, 0.2) is 11.6 Å². The van der Waals surface area contributed by atoms with Crippen molar-refractivity contribution in [2.45, 2.75) is 230 Å². The third kappa shape index (κ3) is 8.57. The Morgan fingerprint density at radius 3 is 1.91 bits per heavy atom. The SMILES string of the molecule is C[C@@H]1O[C@@H](O[C@H]2[C@H](O[C@H]3CC[C@@]4(C)C(CC[C@]5(C)C4CC=C4C6CC(C)(C)CC[C@]6(C(=O)O)CC[C@]45C)C3(C)C)OC[C@H](O)[C@@H]2O)[C@H](O)[C@H](O[C@@H]2OC[C@H](O[C@@H]3OC[C@H](O)[C@H](O)[C@H]3O)[C@H](O)[C@H]2O)[C@H]1O. The molecule has 5 aliphatic carbocycles. The predicted octanol–water partition coefficient (Wildman–Crippen LogP) is 1.48. The Morgan fingerprint density at radius 2 is 1.21 bits per heavy atom. The second-order valence-electron chi connectivity index (χ2n) is 24.9. The molecule has 0 amide bonds. The predicted molar refractivity (Wildman–Crippen MR) is 244 cm³/mol. The van der Waals surface area contributed by atoms with Crippen molar-refractivity contribution in [3.05, 3.63) is 11.6 Å². The summed E-state index contributed by atoms with van der Waals surface area (Å²) in [5.41, 5.74) is 0.124. The number of fused-ring (bicyclic) bond motifs is 7. The molecule has 0 aromatic heterocycles. The third-order valence-corrected chi connectivity index (χ3v) is 20.3. The van der Waals surface area contributed by atoms with Crippen LogP contribution in [-0.4, -0.2) is 187 Å². The van der Waals surface area contributed by atoms with Gasteiger partial charge in [-0.2, -0.15) is 0 Å². The van der Waals surface area contributed by atoms with E-state index in [1.807, 2.05) is 0 Å². The first-order chi connectivity index (χ1) is 32.7.